The quantitative estimate of drug-likeness (QED) is 0.0584. The summed E-state index contributed by atoms with van der Waals surface area (Å²) in [6, 6.07) is 12.2. The number of amidine groups is 1. The van der Waals surface area contributed by atoms with Gasteiger partial charge in [-0.2, -0.15) is 13.1 Å². The molecule has 1 fully saturated rings. The van der Waals surface area contributed by atoms with E-state index in [4.69, 9.17) is 10.5 Å². The third kappa shape index (κ3) is 11.4. The molecule has 0 atom stereocenters. The van der Waals surface area contributed by atoms with E-state index < -0.39 is 56.0 Å². The molecule has 0 aliphatic carbocycles. The van der Waals surface area contributed by atoms with E-state index in [2.05, 4.69) is 15.0 Å². The van der Waals surface area contributed by atoms with Gasteiger partial charge in [0.2, 0.25) is 39.2 Å². The molecule has 2 heterocycles. The molecule has 2 aliphatic rings. The summed E-state index contributed by atoms with van der Waals surface area (Å²) in [4.78, 5) is 45.4. The molecule has 0 saturated carbocycles. The van der Waals surface area contributed by atoms with Crippen LogP contribution >= 0.6 is 0 Å². The van der Waals surface area contributed by atoms with Crippen LogP contribution < -0.4 is 15.8 Å². The standard InChI is InChI=1S/C44H53F4N5O7S/c1-7-16-52(17-8-2)41(55)31-18-30-13-12-29(20-35(30)51-36(49)21-31)28-10-9-11-32(19-28)61(57,58)53-24-27(25-53)23-50-37(54)14-15-44(5,6)59-26-43(3,4)42(56)60-40-38(47)33(45)22-34(46)39(40)48/h9-13,18-20,22,27H,7-8,14-17,21,23-26H2,1-6H3,(H2,49,51)(H,50,54). The molecule has 0 unspecified atom stereocenters. The van der Waals surface area contributed by atoms with Gasteiger partial charge in [-0.05, 0) is 82.4 Å². The van der Waals surface area contributed by atoms with E-state index in [9.17, 15) is 40.4 Å². The Morgan fingerprint density at radius 3 is 2.21 bits per heavy atom. The summed E-state index contributed by atoms with van der Waals surface area (Å²) >= 11 is 0. The first-order chi connectivity index (χ1) is 28.6. The van der Waals surface area contributed by atoms with Gasteiger partial charge in [0.05, 0.1) is 28.2 Å². The average Bonchev–Trinajstić information content (AvgIpc) is 3.36. The van der Waals surface area contributed by atoms with E-state index in [0.717, 1.165) is 24.0 Å². The third-order valence-electron chi connectivity index (χ3n) is 10.5. The third-order valence-corrected chi connectivity index (χ3v) is 12.3. The summed E-state index contributed by atoms with van der Waals surface area (Å²) in [5.74, 6) is -9.98. The zero-order valence-corrected chi connectivity index (χ0v) is 36.1. The van der Waals surface area contributed by atoms with Crippen molar-refractivity contribution in [3.8, 4) is 16.9 Å². The minimum atomic E-state index is -3.85. The number of nitrogens with one attached hydrogen (secondary N) is 1. The summed E-state index contributed by atoms with van der Waals surface area (Å²) in [5.41, 5.74) is 7.10. The normalized spacial score (nSPS) is 14.9. The maximum atomic E-state index is 14.0. The molecule has 2 amide bonds. The van der Waals surface area contributed by atoms with Crippen molar-refractivity contribution in [2.45, 2.75) is 84.1 Å². The molecule has 12 nitrogen and oxygen atoms in total. The Balaban J connectivity index is 1.11. The maximum absolute atomic E-state index is 14.0. The molecule has 61 heavy (non-hydrogen) atoms. The Kier molecular flexibility index (Phi) is 14.8. The lowest BCUT2D eigenvalue weighted by Gasteiger charge is -2.38. The zero-order chi connectivity index (χ0) is 44.9. The molecular weight excluding hydrogens is 819 g/mol. The number of nitrogens with zero attached hydrogens (tertiary/aromatic N) is 3. The number of ether oxygens (including phenoxy) is 2. The topological polar surface area (TPSA) is 161 Å². The van der Waals surface area contributed by atoms with E-state index in [1.807, 2.05) is 43.0 Å². The van der Waals surface area contributed by atoms with Gasteiger partial charge < -0.3 is 25.4 Å². The molecule has 3 aromatic carbocycles. The fourth-order valence-corrected chi connectivity index (χ4v) is 8.38. The molecular formula is C44H53F4N5O7S. The van der Waals surface area contributed by atoms with Crippen molar-refractivity contribution in [2.24, 2.45) is 22.1 Å². The van der Waals surface area contributed by atoms with Gasteiger partial charge in [0.1, 0.15) is 5.84 Å². The predicted octanol–water partition coefficient (Wildman–Crippen LogP) is 7.28. The van der Waals surface area contributed by atoms with Gasteiger partial charge in [0.25, 0.3) is 0 Å². The van der Waals surface area contributed by atoms with Gasteiger partial charge in [-0.15, -0.1) is 0 Å². The highest BCUT2D eigenvalue weighted by molar-refractivity contribution is 7.89. The van der Waals surface area contributed by atoms with Crippen LogP contribution in [0.3, 0.4) is 0 Å². The monoisotopic (exact) mass is 871 g/mol. The number of fused-ring (bicyclic) bond motifs is 1. The minimum Gasteiger partial charge on any atom is -0.420 e. The van der Waals surface area contributed by atoms with Gasteiger partial charge in [-0.1, -0.05) is 38.1 Å². The Morgan fingerprint density at radius 2 is 1.57 bits per heavy atom. The van der Waals surface area contributed by atoms with Crippen LogP contribution in [0, 0.1) is 34.6 Å². The van der Waals surface area contributed by atoms with Crippen molar-refractivity contribution in [3.63, 3.8) is 0 Å². The van der Waals surface area contributed by atoms with Crippen LogP contribution in [0.5, 0.6) is 5.75 Å². The fraction of sp³-hybridized carbons (Fsp3) is 0.455. The maximum Gasteiger partial charge on any atom is 0.319 e. The molecule has 2 aliphatic heterocycles. The number of rotatable bonds is 18. The molecule has 0 bridgehead atoms. The number of carbonyl (C=O) groups is 3. The minimum absolute atomic E-state index is 0.00289. The van der Waals surface area contributed by atoms with Crippen LogP contribution in [0.1, 0.15) is 79.2 Å². The van der Waals surface area contributed by atoms with Crippen molar-refractivity contribution in [3.05, 3.63) is 82.9 Å². The first-order valence-corrected chi connectivity index (χ1v) is 21.6. The molecule has 0 radical (unpaired) electrons. The highest BCUT2D eigenvalue weighted by Gasteiger charge is 2.38. The van der Waals surface area contributed by atoms with Gasteiger partial charge in [-0.3, -0.25) is 14.4 Å². The van der Waals surface area contributed by atoms with Crippen LogP contribution in [0.25, 0.3) is 17.2 Å². The number of hydrogen-bond acceptors (Lipinski definition) is 9. The highest BCUT2D eigenvalue weighted by Crippen LogP contribution is 2.35. The molecule has 17 heteroatoms. The summed E-state index contributed by atoms with van der Waals surface area (Å²) in [6.45, 7) is 11.8. The van der Waals surface area contributed by atoms with Gasteiger partial charge in [0.15, 0.2) is 11.6 Å². The number of aliphatic imine (C=N–C) groups is 1. The number of hydrogen-bond donors (Lipinski definition) is 2. The van der Waals surface area contributed by atoms with Crippen molar-refractivity contribution in [2.75, 3.05) is 39.3 Å². The second-order valence-corrected chi connectivity index (χ2v) is 18.6. The smallest absolute Gasteiger partial charge is 0.319 e. The average molecular weight is 872 g/mol. The summed E-state index contributed by atoms with van der Waals surface area (Å²) in [5, 5.41) is 2.83. The summed E-state index contributed by atoms with van der Waals surface area (Å²) in [6.07, 6.45) is 3.97. The Labute approximate surface area is 354 Å². The van der Waals surface area contributed by atoms with E-state index in [1.54, 1.807) is 32.0 Å². The number of sulfonamides is 1. The highest BCUT2D eigenvalue weighted by atomic mass is 32.2. The lowest BCUT2D eigenvalue weighted by Crippen LogP contribution is -2.53. The van der Waals surface area contributed by atoms with Gasteiger partial charge in [-0.25, -0.2) is 22.2 Å². The molecule has 330 valence electrons. The predicted molar refractivity (Wildman–Crippen MR) is 223 cm³/mol. The van der Waals surface area contributed by atoms with Crippen LogP contribution in [-0.4, -0.2) is 86.2 Å². The molecule has 0 aromatic heterocycles. The largest absolute Gasteiger partial charge is 0.420 e. The zero-order valence-electron chi connectivity index (χ0n) is 35.2. The van der Waals surface area contributed by atoms with Crippen LogP contribution in [0.4, 0.5) is 23.2 Å². The number of esters is 1. The molecule has 3 aromatic rings. The first-order valence-electron chi connectivity index (χ1n) is 20.2. The Hall–Kier alpha value is -5.13. The summed E-state index contributed by atoms with van der Waals surface area (Å²) < 4.78 is 94.4. The molecule has 0 spiro atoms. The second kappa shape index (κ2) is 19.3. The van der Waals surface area contributed by atoms with Crippen LogP contribution in [0.2, 0.25) is 0 Å². The summed E-state index contributed by atoms with van der Waals surface area (Å²) in [7, 11) is -3.85. The van der Waals surface area contributed by atoms with Crippen molar-refractivity contribution < 1.29 is 49.8 Å². The molecule has 5 rings (SSSR count). The van der Waals surface area contributed by atoms with Crippen molar-refractivity contribution in [1.29, 1.82) is 0 Å². The van der Waals surface area contributed by atoms with E-state index in [-0.39, 0.29) is 74.2 Å². The van der Waals surface area contributed by atoms with Gasteiger partial charge >= 0.3 is 5.97 Å². The van der Waals surface area contributed by atoms with E-state index >= 15 is 0 Å². The lowest BCUT2D eigenvalue weighted by molar-refractivity contribution is -0.152. The number of halogens is 4. The Bertz CT molecular complexity index is 2300. The molecule has 1 saturated heterocycles. The SMILES string of the molecule is CCCN(CCC)C(=O)C1=Cc2ccc(-c3cccc(S(=O)(=O)N4CC(CNC(=O)CCC(C)(C)OCC(C)(C)C(=O)Oc5c(F)c(F)cc(F)c5F)C4)c3)cc2N=C(N)C1. The Morgan fingerprint density at radius 1 is 0.934 bits per heavy atom. The second-order valence-electron chi connectivity index (χ2n) is 16.7. The number of benzene rings is 3. The van der Waals surface area contributed by atoms with Crippen molar-refractivity contribution >= 4 is 45.4 Å². The van der Waals surface area contributed by atoms with Crippen molar-refractivity contribution in [1.82, 2.24) is 14.5 Å². The fourth-order valence-electron chi connectivity index (χ4n) is 6.74. The van der Waals surface area contributed by atoms with Crippen LogP contribution in [0.15, 0.2) is 64.0 Å². The van der Waals surface area contributed by atoms with Crippen LogP contribution in [-0.2, 0) is 29.1 Å². The number of carbonyl (C=O) groups excluding carboxylic acids is 3. The van der Waals surface area contributed by atoms with Gasteiger partial charge in [0, 0.05) is 68.7 Å². The lowest BCUT2D eigenvalue weighted by atomic mass is 9.94. The number of amides is 2. The number of nitrogens with two attached hydrogens (primary N) is 1. The van der Waals surface area contributed by atoms with E-state index in [0.29, 0.717) is 35.7 Å². The molecule has 3 N–H and O–H groups in total. The first kappa shape index (κ1) is 46.9. The van der Waals surface area contributed by atoms with E-state index in [1.165, 1.54) is 24.2 Å².